The highest BCUT2D eigenvalue weighted by molar-refractivity contribution is 6.30. The predicted octanol–water partition coefficient (Wildman–Crippen LogP) is 4.18. The molecular weight excluding hydrogens is 344 g/mol. The van der Waals surface area contributed by atoms with Crippen LogP contribution in [0.1, 0.15) is 17.3 Å². The summed E-state index contributed by atoms with van der Waals surface area (Å²) < 4.78 is 10.2. The molecule has 0 fully saturated rings. The first-order valence-electron chi connectivity index (χ1n) is 7.77. The summed E-state index contributed by atoms with van der Waals surface area (Å²) in [5.41, 5.74) is 1.53. The van der Waals surface area contributed by atoms with E-state index in [9.17, 15) is 9.59 Å². The third-order valence-corrected chi connectivity index (χ3v) is 3.36. The predicted molar refractivity (Wildman–Crippen MR) is 97.3 cm³/mol. The van der Waals surface area contributed by atoms with Crippen molar-refractivity contribution in [3.63, 3.8) is 0 Å². The molecule has 0 unspecified atom stereocenters. The minimum Gasteiger partial charge on any atom is -0.460 e. The van der Waals surface area contributed by atoms with E-state index in [0.717, 1.165) is 0 Å². The molecule has 0 saturated heterocycles. The summed E-state index contributed by atoms with van der Waals surface area (Å²) in [5.74, 6) is -0.436. The number of anilines is 2. The maximum absolute atomic E-state index is 11.9. The number of carbonyl (C=O) groups excluding carboxylic acids is 2. The summed E-state index contributed by atoms with van der Waals surface area (Å²) in [6, 6.07) is 12.8. The lowest BCUT2D eigenvalue weighted by Crippen LogP contribution is -2.19. The van der Waals surface area contributed by atoms with Crippen LogP contribution in [0.5, 0.6) is 0 Å². The van der Waals surface area contributed by atoms with Gasteiger partial charge in [0.1, 0.15) is 6.61 Å². The van der Waals surface area contributed by atoms with Crippen LogP contribution in [-0.2, 0) is 9.47 Å². The van der Waals surface area contributed by atoms with E-state index in [1.807, 2.05) is 6.92 Å². The van der Waals surface area contributed by atoms with Crippen molar-refractivity contribution in [1.29, 1.82) is 0 Å². The number of halogens is 1. The van der Waals surface area contributed by atoms with Gasteiger partial charge in [0.2, 0.25) is 0 Å². The van der Waals surface area contributed by atoms with E-state index < -0.39 is 12.0 Å². The highest BCUT2D eigenvalue weighted by Crippen LogP contribution is 2.16. The van der Waals surface area contributed by atoms with Crippen LogP contribution in [0.15, 0.2) is 48.5 Å². The third kappa shape index (κ3) is 6.45. The van der Waals surface area contributed by atoms with Crippen molar-refractivity contribution >= 4 is 35.0 Å². The van der Waals surface area contributed by atoms with Crippen LogP contribution < -0.4 is 10.6 Å². The standard InChI is InChI=1S/C18H19ClN2O4/c1-2-24-10-11-25-17(22)13-6-8-15(9-7-13)20-18(23)21-16-5-3-4-14(19)12-16/h3-9,12H,2,10-11H2,1H3,(H2,20,21,23). The van der Waals surface area contributed by atoms with Crippen molar-refractivity contribution in [3.05, 3.63) is 59.1 Å². The molecule has 0 bridgehead atoms. The number of benzene rings is 2. The molecule has 0 aliphatic carbocycles. The number of amides is 2. The lowest BCUT2D eigenvalue weighted by atomic mass is 10.2. The van der Waals surface area contributed by atoms with Gasteiger partial charge in [-0.05, 0) is 49.4 Å². The molecule has 0 spiro atoms. The molecular formula is C18H19ClN2O4. The normalized spacial score (nSPS) is 10.2. The lowest BCUT2D eigenvalue weighted by molar-refractivity contribution is 0.0335. The highest BCUT2D eigenvalue weighted by atomic mass is 35.5. The van der Waals surface area contributed by atoms with Gasteiger partial charge < -0.3 is 20.1 Å². The second-order valence-corrected chi connectivity index (χ2v) is 5.44. The molecule has 2 N–H and O–H groups in total. The quantitative estimate of drug-likeness (QED) is 0.572. The molecule has 2 amide bonds. The summed E-state index contributed by atoms with van der Waals surface area (Å²) in [4.78, 5) is 23.8. The van der Waals surface area contributed by atoms with Crippen molar-refractivity contribution < 1.29 is 19.1 Å². The van der Waals surface area contributed by atoms with Crippen LogP contribution in [0.3, 0.4) is 0 Å². The second kappa shape index (κ2) is 9.66. The fourth-order valence-electron chi connectivity index (χ4n) is 1.97. The van der Waals surface area contributed by atoms with Gasteiger partial charge in [0.25, 0.3) is 0 Å². The van der Waals surface area contributed by atoms with E-state index in [0.29, 0.717) is 35.2 Å². The first-order chi connectivity index (χ1) is 12.1. The summed E-state index contributed by atoms with van der Waals surface area (Å²) in [6.07, 6.45) is 0. The Morgan fingerprint density at radius 3 is 2.40 bits per heavy atom. The van der Waals surface area contributed by atoms with Crippen molar-refractivity contribution in [3.8, 4) is 0 Å². The van der Waals surface area contributed by atoms with Gasteiger partial charge >= 0.3 is 12.0 Å². The molecule has 0 atom stereocenters. The zero-order chi connectivity index (χ0) is 18.1. The molecule has 0 aromatic heterocycles. The number of hydrogen-bond donors (Lipinski definition) is 2. The number of urea groups is 1. The zero-order valence-corrected chi connectivity index (χ0v) is 14.5. The molecule has 7 heteroatoms. The van der Waals surface area contributed by atoms with Gasteiger partial charge in [-0.1, -0.05) is 17.7 Å². The van der Waals surface area contributed by atoms with E-state index in [1.54, 1.807) is 48.5 Å². The van der Waals surface area contributed by atoms with Crippen LogP contribution in [0.25, 0.3) is 0 Å². The Morgan fingerprint density at radius 2 is 1.72 bits per heavy atom. The van der Waals surface area contributed by atoms with Crippen molar-refractivity contribution in [2.24, 2.45) is 0 Å². The van der Waals surface area contributed by atoms with Crippen LogP contribution in [0.2, 0.25) is 5.02 Å². The number of nitrogens with one attached hydrogen (secondary N) is 2. The minimum absolute atomic E-state index is 0.203. The molecule has 0 aliphatic heterocycles. The van der Waals surface area contributed by atoms with Crippen LogP contribution in [-0.4, -0.2) is 31.8 Å². The van der Waals surface area contributed by atoms with Crippen LogP contribution in [0, 0.1) is 0 Å². The van der Waals surface area contributed by atoms with E-state index in [-0.39, 0.29) is 6.61 Å². The van der Waals surface area contributed by atoms with Gasteiger partial charge in [-0.3, -0.25) is 0 Å². The Hall–Kier alpha value is -2.57. The van der Waals surface area contributed by atoms with Gasteiger partial charge in [0.05, 0.1) is 12.2 Å². The van der Waals surface area contributed by atoms with E-state index in [4.69, 9.17) is 21.1 Å². The Kier molecular flexibility index (Phi) is 7.25. The number of rotatable bonds is 7. The maximum atomic E-state index is 11.9. The minimum atomic E-state index is -0.436. The van der Waals surface area contributed by atoms with Crippen molar-refractivity contribution in [1.82, 2.24) is 0 Å². The highest BCUT2D eigenvalue weighted by Gasteiger charge is 2.08. The van der Waals surface area contributed by atoms with Gasteiger partial charge in [-0.25, -0.2) is 9.59 Å². The number of carbonyl (C=O) groups is 2. The Morgan fingerprint density at radius 1 is 1.00 bits per heavy atom. The van der Waals surface area contributed by atoms with Crippen LogP contribution >= 0.6 is 11.6 Å². The molecule has 0 saturated carbocycles. The van der Waals surface area contributed by atoms with Crippen LogP contribution in [0.4, 0.5) is 16.2 Å². The fraction of sp³-hybridized carbons (Fsp3) is 0.222. The van der Waals surface area contributed by atoms with E-state index >= 15 is 0 Å². The van der Waals surface area contributed by atoms with E-state index in [2.05, 4.69) is 10.6 Å². The first-order valence-corrected chi connectivity index (χ1v) is 8.15. The summed E-state index contributed by atoms with van der Waals surface area (Å²) in [7, 11) is 0. The van der Waals surface area contributed by atoms with Gasteiger partial charge in [0, 0.05) is 23.0 Å². The summed E-state index contributed by atoms with van der Waals surface area (Å²) >= 11 is 5.87. The lowest BCUT2D eigenvalue weighted by Gasteiger charge is -2.09. The number of esters is 1. The Labute approximate surface area is 151 Å². The largest absolute Gasteiger partial charge is 0.460 e. The molecule has 132 valence electrons. The number of ether oxygens (including phenoxy) is 2. The number of hydrogen-bond acceptors (Lipinski definition) is 4. The second-order valence-electron chi connectivity index (χ2n) is 5.00. The Bertz CT molecular complexity index is 719. The summed E-state index contributed by atoms with van der Waals surface area (Å²) in [5, 5.41) is 5.87. The fourth-order valence-corrected chi connectivity index (χ4v) is 2.16. The molecule has 25 heavy (non-hydrogen) atoms. The average Bonchev–Trinajstić information content (AvgIpc) is 2.59. The zero-order valence-electron chi connectivity index (χ0n) is 13.8. The molecule has 0 heterocycles. The monoisotopic (exact) mass is 362 g/mol. The van der Waals surface area contributed by atoms with Gasteiger partial charge in [-0.2, -0.15) is 0 Å². The molecule has 2 rings (SSSR count). The SMILES string of the molecule is CCOCCOC(=O)c1ccc(NC(=O)Nc2cccc(Cl)c2)cc1. The van der Waals surface area contributed by atoms with Crippen molar-refractivity contribution in [2.75, 3.05) is 30.5 Å². The van der Waals surface area contributed by atoms with Crippen molar-refractivity contribution in [2.45, 2.75) is 6.92 Å². The first kappa shape index (κ1) is 18.8. The molecule has 0 radical (unpaired) electrons. The molecule has 2 aromatic carbocycles. The van der Waals surface area contributed by atoms with Gasteiger partial charge in [-0.15, -0.1) is 0 Å². The molecule has 0 aliphatic rings. The third-order valence-electron chi connectivity index (χ3n) is 3.13. The van der Waals surface area contributed by atoms with Gasteiger partial charge in [0.15, 0.2) is 0 Å². The molecule has 6 nitrogen and oxygen atoms in total. The topological polar surface area (TPSA) is 76.7 Å². The average molecular weight is 363 g/mol. The summed E-state index contributed by atoms with van der Waals surface area (Å²) in [6.45, 7) is 3.02. The van der Waals surface area contributed by atoms with E-state index in [1.165, 1.54) is 0 Å². The molecule has 2 aromatic rings. The Balaban J connectivity index is 1.85. The maximum Gasteiger partial charge on any atom is 0.338 e. The smallest absolute Gasteiger partial charge is 0.338 e.